The maximum Gasteiger partial charge on any atom is 0.257 e. The van der Waals surface area contributed by atoms with Gasteiger partial charge in [-0.15, -0.1) is 0 Å². The van der Waals surface area contributed by atoms with Crippen molar-refractivity contribution in [1.29, 1.82) is 5.26 Å². The lowest BCUT2D eigenvalue weighted by Gasteiger charge is -2.17. The third kappa shape index (κ3) is 2.19. The summed E-state index contributed by atoms with van der Waals surface area (Å²) in [5.74, 6) is 0. The Morgan fingerprint density at radius 2 is 2.35 bits per heavy atom. The molecule has 20 heavy (non-hydrogen) atoms. The highest BCUT2D eigenvalue weighted by atomic mass is 16.1. The van der Waals surface area contributed by atoms with Crippen molar-refractivity contribution in [2.24, 2.45) is 0 Å². The van der Waals surface area contributed by atoms with Crippen molar-refractivity contribution >= 4 is 0 Å². The zero-order chi connectivity index (χ0) is 13.9. The Balaban J connectivity index is 2.00. The summed E-state index contributed by atoms with van der Waals surface area (Å²) in [6.45, 7) is 1.76. The van der Waals surface area contributed by atoms with Gasteiger partial charge in [0.15, 0.2) is 0 Å². The van der Waals surface area contributed by atoms with Gasteiger partial charge in [0.1, 0.15) is 11.8 Å². The molecule has 0 aliphatic carbocycles. The van der Waals surface area contributed by atoms with E-state index in [4.69, 9.17) is 5.26 Å². The van der Waals surface area contributed by atoms with Crippen molar-refractivity contribution in [1.82, 2.24) is 19.9 Å². The molecule has 6 nitrogen and oxygen atoms in total. The molecule has 0 saturated carbocycles. The summed E-state index contributed by atoms with van der Waals surface area (Å²) >= 11 is 0. The Labute approximate surface area is 115 Å². The van der Waals surface area contributed by atoms with E-state index in [1.54, 1.807) is 29.2 Å². The van der Waals surface area contributed by atoms with Gasteiger partial charge in [-0.1, -0.05) is 6.07 Å². The standard InChI is InChI=1S/C14H13N5O/c15-6-12-10(2-1-4-17-12)8-19-9-18-13-7-16-5-3-11(13)14(19)20/h1-2,4,9,16H,3,5,7-8H2. The molecular formula is C14H13N5O. The van der Waals surface area contributed by atoms with Crippen LogP contribution in [-0.4, -0.2) is 21.1 Å². The maximum atomic E-state index is 12.4. The highest BCUT2D eigenvalue weighted by Gasteiger charge is 2.15. The molecule has 0 radical (unpaired) electrons. The van der Waals surface area contributed by atoms with Crippen molar-refractivity contribution in [3.63, 3.8) is 0 Å². The van der Waals surface area contributed by atoms with Gasteiger partial charge in [0.2, 0.25) is 0 Å². The Morgan fingerprint density at radius 3 is 3.20 bits per heavy atom. The lowest BCUT2D eigenvalue weighted by molar-refractivity contribution is 0.596. The van der Waals surface area contributed by atoms with Crippen molar-refractivity contribution in [3.05, 3.63) is 57.5 Å². The van der Waals surface area contributed by atoms with E-state index >= 15 is 0 Å². The molecule has 0 spiro atoms. The van der Waals surface area contributed by atoms with Crippen LogP contribution in [0.15, 0.2) is 29.5 Å². The fourth-order valence-corrected chi connectivity index (χ4v) is 2.35. The van der Waals surface area contributed by atoms with Crippen molar-refractivity contribution in [3.8, 4) is 6.07 Å². The monoisotopic (exact) mass is 267 g/mol. The zero-order valence-corrected chi connectivity index (χ0v) is 10.8. The van der Waals surface area contributed by atoms with E-state index in [-0.39, 0.29) is 5.56 Å². The summed E-state index contributed by atoms with van der Waals surface area (Å²) in [4.78, 5) is 20.7. The summed E-state index contributed by atoms with van der Waals surface area (Å²) in [6, 6.07) is 5.61. The number of aromatic nitrogens is 3. The summed E-state index contributed by atoms with van der Waals surface area (Å²) in [5.41, 5.74) is 2.65. The average Bonchev–Trinajstić information content (AvgIpc) is 2.51. The van der Waals surface area contributed by atoms with Gasteiger partial charge in [-0.25, -0.2) is 9.97 Å². The molecule has 0 fully saturated rings. The minimum absolute atomic E-state index is 0.0238. The van der Waals surface area contributed by atoms with Crippen LogP contribution in [0.3, 0.4) is 0 Å². The smallest absolute Gasteiger partial charge is 0.257 e. The first kappa shape index (κ1) is 12.5. The molecule has 0 amide bonds. The molecule has 0 aromatic carbocycles. The quantitative estimate of drug-likeness (QED) is 0.840. The second-order valence-electron chi connectivity index (χ2n) is 4.65. The zero-order valence-electron chi connectivity index (χ0n) is 10.8. The number of nitrogens with zero attached hydrogens (tertiary/aromatic N) is 4. The van der Waals surface area contributed by atoms with Gasteiger partial charge in [-0.3, -0.25) is 9.36 Å². The molecule has 100 valence electrons. The number of nitriles is 1. The normalized spacial score (nSPS) is 13.6. The van der Waals surface area contributed by atoms with Crippen LogP contribution in [-0.2, 0) is 19.5 Å². The SMILES string of the molecule is N#Cc1ncccc1Cn1cnc2c(c1=O)CCNC2. The van der Waals surface area contributed by atoms with Crippen LogP contribution >= 0.6 is 0 Å². The van der Waals surface area contributed by atoms with E-state index in [2.05, 4.69) is 15.3 Å². The minimum atomic E-state index is -0.0238. The Hall–Kier alpha value is -2.52. The van der Waals surface area contributed by atoms with Gasteiger partial charge in [-0.05, 0) is 19.0 Å². The average molecular weight is 267 g/mol. The lowest BCUT2D eigenvalue weighted by atomic mass is 10.1. The molecule has 2 aromatic rings. The van der Waals surface area contributed by atoms with E-state index in [0.29, 0.717) is 25.2 Å². The molecule has 1 aliphatic heterocycles. The van der Waals surface area contributed by atoms with Gasteiger partial charge in [0.25, 0.3) is 5.56 Å². The van der Waals surface area contributed by atoms with Crippen LogP contribution < -0.4 is 10.9 Å². The van der Waals surface area contributed by atoms with Gasteiger partial charge < -0.3 is 5.32 Å². The van der Waals surface area contributed by atoms with Gasteiger partial charge in [0, 0.05) is 23.9 Å². The van der Waals surface area contributed by atoms with E-state index in [1.807, 2.05) is 6.07 Å². The van der Waals surface area contributed by atoms with E-state index < -0.39 is 0 Å². The largest absolute Gasteiger partial charge is 0.311 e. The highest BCUT2D eigenvalue weighted by Crippen LogP contribution is 2.08. The first-order chi connectivity index (χ1) is 9.79. The predicted molar refractivity (Wildman–Crippen MR) is 72.0 cm³/mol. The summed E-state index contributed by atoms with van der Waals surface area (Å²) in [5, 5.41) is 12.2. The molecule has 0 saturated heterocycles. The lowest BCUT2D eigenvalue weighted by Crippen LogP contribution is -2.34. The Kier molecular flexibility index (Phi) is 3.27. The summed E-state index contributed by atoms with van der Waals surface area (Å²) in [7, 11) is 0. The second-order valence-corrected chi connectivity index (χ2v) is 4.65. The maximum absolute atomic E-state index is 12.4. The minimum Gasteiger partial charge on any atom is -0.311 e. The van der Waals surface area contributed by atoms with Crippen LogP contribution in [0.5, 0.6) is 0 Å². The van der Waals surface area contributed by atoms with E-state index in [0.717, 1.165) is 23.4 Å². The van der Waals surface area contributed by atoms with E-state index in [1.165, 1.54) is 0 Å². The molecule has 3 heterocycles. The summed E-state index contributed by atoms with van der Waals surface area (Å²) < 4.78 is 1.54. The Morgan fingerprint density at radius 1 is 1.45 bits per heavy atom. The number of hydrogen-bond donors (Lipinski definition) is 1. The highest BCUT2D eigenvalue weighted by molar-refractivity contribution is 5.31. The van der Waals surface area contributed by atoms with Crippen LogP contribution in [0.4, 0.5) is 0 Å². The number of pyridine rings is 1. The summed E-state index contributed by atoms with van der Waals surface area (Å²) in [6.07, 6.45) is 3.81. The third-order valence-electron chi connectivity index (χ3n) is 3.40. The number of fused-ring (bicyclic) bond motifs is 1. The first-order valence-electron chi connectivity index (χ1n) is 6.41. The number of nitrogens with one attached hydrogen (secondary N) is 1. The molecule has 0 bridgehead atoms. The van der Waals surface area contributed by atoms with Gasteiger partial charge >= 0.3 is 0 Å². The molecule has 0 atom stereocenters. The number of rotatable bonds is 2. The predicted octanol–water partition coefficient (Wildman–Crippen LogP) is 0.204. The van der Waals surface area contributed by atoms with Gasteiger partial charge in [-0.2, -0.15) is 5.26 Å². The van der Waals surface area contributed by atoms with Crippen LogP contribution in [0.1, 0.15) is 22.5 Å². The first-order valence-corrected chi connectivity index (χ1v) is 6.41. The molecule has 1 aliphatic rings. The molecule has 6 heteroatoms. The topological polar surface area (TPSA) is 83.6 Å². The van der Waals surface area contributed by atoms with Crippen LogP contribution in [0, 0.1) is 11.3 Å². The van der Waals surface area contributed by atoms with Crippen LogP contribution in [0.2, 0.25) is 0 Å². The second kappa shape index (κ2) is 5.23. The fraction of sp³-hybridized carbons (Fsp3) is 0.286. The third-order valence-corrected chi connectivity index (χ3v) is 3.40. The molecule has 0 unspecified atom stereocenters. The van der Waals surface area contributed by atoms with Crippen molar-refractivity contribution in [2.75, 3.05) is 6.54 Å². The Bertz CT molecular complexity index is 744. The molecule has 1 N–H and O–H groups in total. The van der Waals surface area contributed by atoms with Crippen molar-refractivity contribution in [2.45, 2.75) is 19.5 Å². The van der Waals surface area contributed by atoms with Crippen molar-refractivity contribution < 1.29 is 0 Å². The molecular weight excluding hydrogens is 254 g/mol. The van der Waals surface area contributed by atoms with Gasteiger partial charge in [0.05, 0.1) is 18.6 Å². The number of hydrogen-bond acceptors (Lipinski definition) is 5. The van der Waals surface area contributed by atoms with Crippen LogP contribution in [0.25, 0.3) is 0 Å². The fourth-order valence-electron chi connectivity index (χ4n) is 2.35. The van der Waals surface area contributed by atoms with E-state index in [9.17, 15) is 4.79 Å². The molecule has 2 aromatic heterocycles. The molecule has 3 rings (SSSR count).